The number of rotatable bonds is 7. The Hall–Kier alpha value is -1.60. The average molecular weight is 401 g/mol. The summed E-state index contributed by atoms with van der Waals surface area (Å²) in [6.45, 7) is 1.85. The van der Waals surface area contributed by atoms with Gasteiger partial charge in [0, 0.05) is 23.1 Å². The Bertz CT molecular complexity index is 842. The first-order chi connectivity index (χ1) is 11.8. The summed E-state index contributed by atoms with van der Waals surface area (Å²) in [6, 6.07) is 12.8. The Kier molecular flexibility index (Phi) is 6.84. The van der Waals surface area contributed by atoms with Gasteiger partial charge >= 0.3 is 0 Å². The molecule has 1 amide bonds. The van der Waals surface area contributed by atoms with Gasteiger partial charge in [-0.3, -0.25) is 4.79 Å². The number of hydrogen-bond acceptors (Lipinski definition) is 3. The van der Waals surface area contributed by atoms with Crippen LogP contribution in [-0.2, 0) is 21.4 Å². The molecule has 0 spiro atoms. The third kappa shape index (κ3) is 5.19. The molecule has 2 aromatic carbocycles. The maximum absolute atomic E-state index is 12.9. The van der Waals surface area contributed by atoms with Crippen LogP contribution in [0.4, 0.5) is 0 Å². The van der Waals surface area contributed by atoms with Crippen molar-refractivity contribution >= 4 is 39.1 Å². The number of benzene rings is 2. The van der Waals surface area contributed by atoms with Gasteiger partial charge in [0.15, 0.2) is 0 Å². The highest BCUT2D eigenvalue weighted by Gasteiger charge is 2.27. The number of nitrogens with zero attached hydrogens (tertiary/aromatic N) is 1. The van der Waals surface area contributed by atoms with Gasteiger partial charge in [0.05, 0.1) is 11.4 Å². The molecule has 0 aromatic heterocycles. The highest BCUT2D eigenvalue weighted by molar-refractivity contribution is 7.89. The van der Waals surface area contributed by atoms with Crippen LogP contribution >= 0.6 is 23.2 Å². The lowest BCUT2D eigenvalue weighted by Gasteiger charge is -2.22. The molecule has 2 rings (SSSR count). The van der Waals surface area contributed by atoms with Crippen LogP contribution in [0, 0.1) is 0 Å². The zero-order valence-corrected chi connectivity index (χ0v) is 15.9. The predicted octanol–water partition coefficient (Wildman–Crippen LogP) is 3.32. The second kappa shape index (κ2) is 8.67. The molecule has 0 aliphatic carbocycles. The van der Waals surface area contributed by atoms with Gasteiger partial charge in [-0.2, -0.15) is 4.31 Å². The molecule has 0 unspecified atom stereocenters. The van der Waals surface area contributed by atoms with Gasteiger partial charge in [-0.1, -0.05) is 47.5 Å². The van der Waals surface area contributed by atoms with Crippen LogP contribution < -0.4 is 5.32 Å². The van der Waals surface area contributed by atoms with Crippen LogP contribution in [0.15, 0.2) is 53.4 Å². The van der Waals surface area contributed by atoms with Crippen molar-refractivity contribution in [2.45, 2.75) is 18.4 Å². The Balaban J connectivity index is 2.37. The molecular weight excluding hydrogens is 383 g/mol. The predicted molar refractivity (Wildman–Crippen MR) is 99.2 cm³/mol. The first-order valence-electron chi connectivity index (χ1n) is 7.60. The maximum atomic E-state index is 12.9. The minimum atomic E-state index is -3.86. The molecule has 0 aliphatic rings. The Morgan fingerprint density at radius 2 is 1.80 bits per heavy atom. The van der Waals surface area contributed by atoms with Crippen molar-refractivity contribution in [3.05, 3.63) is 64.1 Å². The molecule has 2 aromatic rings. The average Bonchev–Trinajstić information content (AvgIpc) is 2.57. The van der Waals surface area contributed by atoms with Crippen molar-refractivity contribution in [1.29, 1.82) is 0 Å². The molecule has 0 atom stereocenters. The summed E-state index contributed by atoms with van der Waals surface area (Å²) in [4.78, 5) is 12.1. The van der Waals surface area contributed by atoms with Crippen LogP contribution in [0.25, 0.3) is 0 Å². The summed E-state index contributed by atoms with van der Waals surface area (Å²) in [5.41, 5.74) is 0.565. The summed E-state index contributed by atoms with van der Waals surface area (Å²) in [5, 5.41) is 3.41. The van der Waals surface area contributed by atoms with Crippen LogP contribution in [0.1, 0.15) is 12.5 Å². The van der Waals surface area contributed by atoms with E-state index in [1.54, 1.807) is 37.3 Å². The number of carbonyl (C=O) groups excluding carboxylic acids is 1. The van der Waals surface area contributed by atoms with E-state index in [1.807, 2.05) is 0 Å². The third-order valence-electron chi connectivity index (χ3n) is 3.44. The smallest absolute Gasteiger partial charge is 0.243 e. The van der Waals surface area contributed by atoms with Gasteiger partial charge in [-0.05, 0) is 36.8 Å². The molecule has 0 radical (unpaired) electrons. The van der Waals surface area contributed by atoms with E-state index < -0.39 is 10.0 Å². The van der Waals surface area contributed by atoms with Gasteiger partial charge in [-0.15, -0.1) is 0 Å². The summed E-state index contributed by atoms with van der Waals surface area (Å²) in [5.74, 6) is -0.382. The minimum absolute atomic E-state index is 0.0373. The number of carbonyl (C=O) groups is 1. The molecule has 0 saturated carbocycles. The largest absolute Gasteiger partial charge is 0.355 e. The fraction of sp³-hybridized carbons (Fsp3) is 0.235. The highest BCUT2D eigenvalue weighted by atomic mass is 35.5. The van der Waals surface area contributed by atoms with Crippen molar-refractivity contribution < 1.29 is 13.2 Å². The molecule has 0 aliphatic heterocycles. The number of nitrogens with one attached hydrogen (secondary N) is 1. The lowest BCUT2D eigenvalue weighted by Crippen LogP contribution is -2.40. The van der Waals surface area contributed by atoms with E-state index in [1.165, 1.54) is 18.2 Å². The summed E-state index contributed by atoms with van der Waals surface area (Å²) >= 11 is 12.0. The van der Waals surface area contributed by atoms with Crippen molar-refractivity contribution in [1.82, 2.24) is 9.62 Å². The van der Waals surface area contributed by atoms with E-state index in [0.717, 1.165) is 4.31 Å². The summed E-state index contributed by atoms with van der Waals surface area (Å²) < 4.78 is 27.0. The molecule has 0 bridgehead atoms. The van der Waals surface area contributed by atoms with Crippen molar-refractivity contribution in [2.24, 2.45) is 0 Å². The van der Waals surface area contributed by atoms with Crippen molar-refractivity contribution in [3.63, 3.8) is 0 Å². The van der Waals surface area contributed by atoms with Gasteiger partial charge in [0.25, 0.3) is 0 Å². The van der Waals surface area contributed by atoms with Crippen LogP contribution in [0.2, 0.25) is 10.0 Å². The number of halogens is 2. The van der Waals surface area contributed by atoms with Crippen LogP contribution in [0.5, 0.6) is 0 Å². The van der Waals surface area contributed by atoms with E-state index in [9.17, 15) is 13.2 Å². The first kappa shape index (κ1) is 19.7. The number of likely N-dealkylation sites (N-methyl/N-ethyl adjacent to an activating group) is 1. The highest BCUT2D eigenvalue weighted by Crippen LogP contribution is 2.25. The molecule has 5 nitrogen and oxygen atoms in total. The molecule has 0 saturated heterocycles. The molecule has 1 N–H and O–H groups in total. The summed E-state index contributed by atoms with van der Waals surface area (Å²) in [7, 11) is -3.86. The molecule has 8 heteroatoms. The quantitative estimate of drug-likeness (QED) is 0.774. The number of sulfonamides is 1. The van der Waals surface area contributed by atoms with Crippen LogP contribution in [-0.4, -0.2) is 31.7 Å². The number of amides is 1. The van der Waals surface area contributed by atoms with E-state index in [2.05, 4.69) is 5.32 Å². The third-order valence-corrected chi connectivity index (χ3v) is 5.83. The fourth-order valence-corrected chi connectivity index (χ4v) is 4.08. The first-order valence-corrected chi connectivity index (χ1v) is 9.80. The number of hydrogen-bond donors (Lipinski definition) is 1. The summed E-state index contributed by atoms with van der Waals surface area (Å²) in [6.07, 6.45) is 0. The van der Waals surface area contributed by atoms with Crippen molar-refractivity contribution in [3.8, 4) is 0 Å². The van der Waals surface area contributed by atoms with E-state index >= 15 is 0 Å². The maximum Gasteiger partial charge on any atom is 0.243 e. The Morgan fingerprint density at radius 3 is 2.40 bits per heavy atom. The molecule has 0 fully saturated rings. The van der Waals surface area contributed by atoms with Crippen LogP contribution in [0.3, 0.4) is 0 Å². The lowest BCUT2D eigenvalue weighted by atomic mass is 10.2. The van der Waals surface area contributed by atoms with E-state index in [4.69, 9.17) is 23.2 Å². The van der Waals surface area contributed by atoms with Gasteiger partial charge < -0.3 is 5.32 Å². The molecule has 134 valence electrons. The zero-order chi connectivity index (χ0) is 18.4. The normalized spacial score (nSPS) is 11.5. The van der Waals surface area contributed by atoms with E-state index in [-0.39, 0.29) is 23.9 Å². The van der Waals surface area contributed by atoms with Gasteiger partial charge in [-0.25, -0.2) is 8.42 Å². The molecule has 0 heterocycles. The lowest BCUT2D eigenvalue weighted by molar-refractivity contribution is -0.121. The fourth-order valence-electron chi connectivity index (χ4n) is 2.22. The topological polar surface area (TPSA) is 66.5 Å². The second-order valence-corrected chi connectivity index (χ2v) is 8.06. The monoisotopic (exact) mass is 400 g/mol. The standard InChI is InChI=1S/C17H18Cl2N2O3S/c1-2-20-17(22)12-21(11-13-8-9-14(18)10-16(13)19)25(23,24)15-6-4-3-5-7-15/h3-10H,2,11-12H2,1H3,(H,20,22). The minimum Gasteiger partial charge on any atom is -0.355 e. The molecule has 25 heavy (non-hydrogen) atoms. The van der Waals surface area contributed by atoms with Gasteiger partial charge in [0.2, 0.25) is 15.9 Å². The van der Waals surface area contributed by atoms with Crippen molar-refractivity contribution in [2.75, 3.05) is 13.1 Å². The van der Waals surface area contributed by atoms with E-state index in [0.29, 0.717) is 22.2 Å². The Labute approximate surface area is 157 Å². The van der Waals surface area contributed by atoms with Gasteiger partial charge in [0.1, 0.15) is 0 Å². The SMILES string of the molecule is CCNC(=O)CN(Cc1ccc(Cl)cc1Cl)S(=O)(=O)c1ccccc1. The Morgan fingerprint density at radius 1 is 1.12 bits per heavy atom. The zero-order valence-electron chi connectivity index (χ0n) is 13.6. The molecular formula is C17H18Cl2N2O3S. The second-order valence-electron chi connectivity index (χ2n) is 5.28.